The van der Waals surface area contributed by atoms with E-state index in [1.165, 1.54) is 18.4 Å². The smallest absolute Gasteiger partial charge is 0.194 e. The number of benzene rings is 1. The standard InChI is InChI=1S/C14H18BrN3/c1-18-7-6-16-14(18)17-13-8-11(9-13)10-2-4-12(15)5-3-10/h2-5,11,13H,6-9H2,1H3,(H,16,17). The maximum Gasteiger partial charge on any atom is 0.194 e. The van der Waals surface area contributed by atoms with E-state index in [9.17, 15) is 0 Å². The summed E-state index contributed by atoms with van der Waals surface area (Å²) in [6.07, 6.45) is 2.43. The molecule has 1 heterocycles. The van der Waals surface area contributed by atoms with Crippen molar-refractivity contribution in [3.05, 3.63) is 34.3 Å². The largest absolute Gasteiger partial charge is 0.353 e. The molecule has 1 fully saturated rings. The van der Waals surface area contributed by atoms with Gasteiger partial charge in [0.25, 0.3) is 0 Å². The molecule has 1 aliphatic carbocycles. The Morgan fingerprint density at radius 1 is 1.28 bits per heavy atom. The molecule has 0 bridgehead atoms. The summed E-state index contributed by atoms with van der Waals surface area (Å²) >= 11 is 3.48. The Hall–Kier alpha value is -1.03. The average Bonchev–Trinajstić information content (AvgIpc) is 2.71. The van der Waals surface area contributed by atoms with Crippen molar-refractivity contribution in [2.24, 2.45) is 4.99 Å². The normalized spacial score (nSPS) is 26.8. The van der Waals surface area contributed by atoms with Crippen molar-refractivity contribution in [2.75, 3.05) is 20.1 Å². The fourth-order valence-electron chi connectivity index (χ4n) is 2.61. The first-order valence-electron chi connectivity index (χ1n) is 6.50. The van der Waals surface area contributed by atoms with Gasteiger partial charge >= 0.3 is 0 Å². The molecule has 1 saturated carbocycles. The van der Waals surface area contributed by atoms with Gasteiger partial charge in [-0.25, -0.2) is 0 Å². The molecular formula is C14H18BrN3. The van der Waals surface area contributed by atoms with Crippen LogP contribution in [-0.4, -0.2) is 37.0 Å². The topological polar surface area (TPSA) is 27.6 Å². The molecule has 0 spiro atoms. The number of rotatable bonds is 2. The van der Waals surface area contributed by atoms with E-state index in [2.05, 4.69) is 62.5 Å². The minimum Gasteiger partial charge on any atom is -0.353 e. The van der Waals surface area contributed by atoms with Crippen LogP contribution in [-0.2, 0) is 0 Å². The van der Waals surface area contributed by atoms with E-state index in [1.54, 1.807) is 0 Å². The fourth-order valence-corrected chi connectivity index (χ4v) is 2.88. The number of likely N-dealkylation sites (N-methyl/N-ethyl adjacent to an activating group) is 1. The van der Waals surface area contributed by atoms with E-state index in [1.807, 2.05) is 0 Å². The Kier molecular flexibility index (Phi) is 3.29. The first-order chi connectivity index (χ1) is 8.72. The molecule has 0 amide bonds. The predicted molar refractivity (Wildman–Crippen MR) is 78.0 cm³/mol. The summed E-state index contributed by atoms with van der Waals surface area (Å²) in [5, 5.41) is 3.54. The van der Waals surface area contributed by atoms with Crippen LogP contribution in [0.3, 0.4) is 0 Å². The van der Waals surface area contributed by atoms with Gasteiger partial charge in [-0.3, -0.25) is 4.99 Å². The Morgan fingerprint density at radius 3 is 2.61 bits per heavy atom. The highest BCUT2D eigenvalue weighted by atomic mass is 79.9. The van der Waals surface area contributed by atoms with Gasteiger partial charge in [0, 0.05) is 24.1 Å². The molecule has 96 valence electrons. The van der Waals surface area contributed by atoms with E-state index in [0.717, 1.165) is 23.5 Å². The molecule has 0 radical (unpaired) electrons. The zero-order valence-corrected chi connectivity index (χ0v) is 12.2. The number of halogens is 1. The van der Waals surface area contributed by atoms with Gasteiger partial charge in [0.2, 0.25) is 0 Å². The van der Waals surface area contributed by atoms with Crippen molar-refractivity contribution in [3.8, 4) is 0 Å². The summed E-state index contributed by atoms with van der Waals surface area (Å²) in [7, 11) is 2.10. The Bertz CT molecular complexity index is 449. The summed E-state index contributed by atoms with van der Waals surface area (Å²) in [5.74, 6) is 1.79. The summed E-state index contributed by atoms with van der Waals surface area (Å²) in [5.41, 5.74) is 1.46. The predicted octanol–water partition coefficient (Wildman–Crippen LogP) is 2.59. The fraction of sp³-hybridized carbons (Fsp3) is 0.500. The zero-order valence-electron chi connectivity index (χ0n) is 10.6. The number of nitrogens with one attached hydrogen (secondary N) is 1. The molecule has 0 aromatic heterocycles. The maximum absolute atomic E-state index is 4.47. The van der Waals surface area contributed by atoms with Crippen LogP contribution in [0.2, 0.25) is 0 Å². The second-order valence-electron chi connectivity index (χ2n) is 5.19. The summed E-state index contributed by atoms with van der Waals surface area (Å²) in [6.45, 7) is 1.98. The van der Waals surface area contributed by atoms with Gasteiger partial charge in [0.05, 0.1) is 6.54 Å². The quantitative estimate of drug-likeness (QED) is 0.909. The SMILES string of the molecule is CN1CCN=C1NC1CC(c2ccc(Br)cc2)C1. The zero-order chi connectivity index (χ0) is 12.5. The maximum atomic E-state index is 4.47. The van der Waals surface area contributed by atoms with Crippen molar-refractivity contribution in [1.82, 2.24) is 10.2 Å². The molecule has 4 heteroatoms. The highest BCUT2D eigenvalue weighted by molar-refractivity contribution is 9.10. The van der Waals surface area contributed by atoms with Crippen molar-refractivity contribution < 1.29 is 0 Å². The van der Waals surface area contributed by atoms with Gasteiger partial charge in [-0.1, -0.05) is 28.1 Å². The molecule has 18 heavy (non-hydrogen) atoms. The van der Waals surface area contributed by atoms with Gasteiger partial charge < -0.3 is 10.2 Å². The van der Waals surface area contributed by atoms with Gasteiger partial charge in [0.1, 0.15) is 0 Å². The Balaban J connectivity index is 1.52. The lowest BCUT2D eigenvalue weighted by atomic mass is 9.76. The second kappa shape index (κ2) is 4.92. The van der Waals surface area contributed by atoms with Crippen LogP contribution in [0.4, 0.5) is 0 Å². The molecular weight excluding hydrogens is 290 g/mol. The van der Waals surface area contributed by atoms with E-state index in [-0.39, 0.29) is 0 Å². The van der Waals surface area contributed by atoms with Gasteiger partial charge in [-0.2, -0.15) is 0 Å². The Labute approximate surface area is 116 Å². The van der Waals surface area contributed by atoms with Crippen molar-refractivity contribution in [3.63, 3.8) is 0 Å². The van der Waals surface area contributed by atoms with Crippen LogP contribution in [0.25, 0.3) is 0 Å². The minimum atomic E-state index is 0.595. The van der Waals surface area contributed by atoms with E-state index in [0.29, 0.717) is 12.0 Å². The molecule has 0 atom stereocenters. The average molecular weight is 308 g/mol. The second-order valence-corrected chi connectivity index (χ2v) is 6.10. The molecule has 1 aromatic rings. The molecule has 3 rings (SSSR count). The lowest BCUT2D eigenvalue weighted by molar-refractivity contribution is 0.316. The first-order valence-corrected chi connectivity index (χ1v) is 7.29. The lowest BCUT2D eigenvalue weighted by Gasteiger charge is -2.37. The minimum absolute atomic E-state index is 0.595. The molecule has 0 saturated heterocycles. The van der Waals surface area contributed by atoms with Gasteiger partial charge in [0.15, 0.2) is 5.96 Å². The molecule has 1 aliphatic heterocycles. The molecule has 1 aromatic carbocycles. The number of aliphatic imine (C=N–C) groups is 1. The third-order valence-corrected chi connectivity index (χ3v) is 4.40. The molecule has 2 aliphatic rings. The van der Waals surface area contributed by atoms with Crippen LogP contribution in [0, 0.1) is 0 Å². The third kappa shape index (κ3) is 2.39. The van der Waals surface area contributed by atoms with Crippen molar-refractivity contribution in [2.45, 2.75) is 24.8 Å². The number of hydrogen-bond donors (Lipinski definition) is 1. The van der Waals surface area contributed by atoms with Crippen molar-refractivity contribution in [1.29, 1.82) is 0 Å². The van der Waals surface area contributed by atoms with E-state index >= 15 is 0 Å². The summed E-state index contributed by atoms with van der Waals surface area (Å²) < 4.78 is 1.15. The first kappa shape index (κ1) is 12.0. The number of nitrogens with zero attached hydrogens (tertiary/aromatic N) is 2. The monoisotopic (exact) mass is 307 g/mol. The van der Waals surface area contributed by atoms with E-state index < -0.39 is 0 Å². The van der Waals surface area contributed by atoms with E-state index in [4.69, 9.17) is 0 Å². The summed E-state index contributed by atoms with van der Waals surface area (Å²) in [6, 6.07) is 9.31. The van der Waals surface area contributed by atoms with Crippen molar-refractivity contribution >= 4 is 21.9 Å². The van der Waals surface area contributed by atoms with Crippen LogP contribution < -0.4 is 5.32 Å². The van der Waals surface area contributed by atoms with Gasteiger partial charge in [-0.05, 0) is 36.5 Å². The Morgan fingerprint density at radius 2 is 2.00 bits per heavy atom. The van der Waals surface area contributed by atoms with Crippen LogP contribution in [0.5, 0.6) is 0 Å². The van der Waals surface area contributed by atoms with Crippen LogP contribution >= 0.6 is 15.9 Å². The molecule has 1 N–H and O–H groups in total. The lowest BCUT2D eigenvalue weighted by Crippen LogP contribution is -2.47. The highest BCUT2D eigenvalue weighted by Crippen LogP contribution is 2.37. The number of guanidine groups is 1. The third-order valence-electron chi connectivity index (χ3n) is 3.87. The molecule has 0 unspecified atom stereocenters. The van der Waals surface area contributed by atoms with Crippen LogP contribution in [0.1, 0.15) is 24.3 Å². The molecule has 3 nitrogen and oxygen atoms in total. The van der Waals surface area contributed by atoms with Crippen LogP contribution in [0.15, 0.2) is 33.7 Å². The van der Waals surface area contributed by atoms with Gasteiger partial charge in [-0.15, -0.1) is 0 Å². The summed E-state index contributed by atoms with van der Waals surface area (Å²) in [4.78, 5) is 6.67. The highest BCUT2D eigenvalue weighted by Gasteiger charge is 2.31. The number of hydrogen-bond acceptors (Lipinski definition) is 3.